The molecule has 0 bridgehead atoms. The number of nitrogens with one attached hydrogen (secondary N) is 2. The van der Waals surface area contributed by atoms with Crippen molar-refractivity contribution in [1.29, 1.82) is 0 Å². The maximum absolute atomic E-state index is 12.5. The third-order valence-electron chi connectivity index (χ3n) is 5.22. The molecule has 0 radical (unpaired) electrons. The first-order valence-electron chi connectivity index (χ1n) is 10.0. The Labute approximate surface area is 171 Å². The topological polar surface area (TPSA) is 105 Å². The summed E-state index contributed by atoms with van der Waals surface area (Å²) in [6.45, 7) is 4.63. The van der Waals surface area contributed by atoms with Crippen LogP contribution in [0.4, 0.5) is 4.79 Å². The summed E-state index contributed by atoms with van der Waals surface area (Å²) >= 11 is 0. The van der Waals surface area contributed by atoms with E-state index in [2.05, 4.69) is 10.6 Å². The second-order valence-corrected chi connectivity index (χ2v) is 7.09. The maximum atomic E-state index is 12.5. The van der Waals surface area contributed by atoms with Crippen LogP contribution in [0.2, 0.25) is 0 Å². The van der Waals surface area contributed by atoms with Gasteiger partial charge >= 0.3 is 12.0 Å². The molecule has 1 aliphatic rings. The number of amides is 4. The first-order chi connectivity index (χ1) is 13.9. The molecular weight excluding hydrogens is 374 g/mol. The standard InChI is InChI=1S/C21H29N3O5/c1-4-10-16(15-11-8-7-9-12-15)22-17(25)14-29-18(26)13-24-19(27)21(5-2,6-3)23-20(24)28/h7-9,11-12,16H,4-6,10,13-14H2,1-3H3,(H,22,25)(H,23,28)/t16-/m0/s1. The molecule has 29 heavy (non-hydrogen) atoms. The van der Waals surface area contributed by atoms with Crippen LogP contribution in [0.15, 0.2) is 30.3 Å². The number of esters is 1. The number of rotatable bonds is 10. The van der Waals surface area contributed by atoms with Crippen LogP contribution in [-0.4, -0.2) is 47.4 Å². The normalized spacial score (nSPS) is 16.3. The fourth-order valence-electron chi connectivity index (χ4n) is 3.40. The second kappa shape index (κ2) is 10.0. The van der Waals surface area contributed by atoms with Gasteiger partial charge in [0, 0.05) is 0 Å². The predicted octanol–water partition coefficient (Wildman–Crippen LogP) is 2.30. The molecule has 0 aliphatic carbocycles. The molecular formula is C21H29N3O5. The molecule has 1 aromatic rings. The van der Waals surface area contributed by atoms with E-state index >= 15 is 0 Å². The Balaban J connectivity index is 1.88. The molecule has 4 amide bonds. The minimum absolute atomic E-state index is 0.173. The average molecular weight is 403 g/mol. The van der Waals surface area contributed by atoms with Crippen molar-refractivity contribution in [2.45, 2.75) is 58.0 Å². The molecule has 1 saturated heterocycles. The SMILES string of the molecule is CCC[C@H](NC(=O)COC(=O)CN1C(=O)NC(CC)(CC)C1=O)c1ccccc1. The molecule has 0 spiro atoms. The van der Waals surface area contributed by atoms with Gasteiger partial charge in [0.2, 0.25) is 0 Å². The Morgan fingerprint density at radius 2 is 1.79 bits per heavy atom. The third kappa shape index (κ3) is 5.34. The van der Waals surface area contributed by atoms with Gasteiger partial charge in [-0.25, -0.2) is 4.79 Å². The van der Waals surface area contributed by atoms with Gasteiger partial charge in [-0.15, -0.1) is 0 Å². The summed E-state index contributed by atoms with van der Waals surface area (Å²) in [5.74, 6) is -1.69. The molecule has 1 atom stereocenters. The Bertz CT molecular complexity index is 746. The highest BCUT2D eigenvalue weighted by Crippen LogP contribution is 2.24. The zero-order chi connectivity index (χ0) is 21.4. The van der Waals surface area contributed by atoms with E-state index in [1.165, 1.54) is 0 Å². The Kier molecular flexibility index (Phi) is 7.75. The molecule has 1 aromatic carbocycles. The van der Waals surface area contributed by atoms with Crippen LogP contribution in [0.5, 0.6) is 0 Å². The van der Waals surface area contributed by atoms with Crippen molar-refractivity contribution in [3.05, 3.63) is 35.9 Å². The van der Waals surface area contributed by atoms with Crippen LogP contribution in [0, 0.1) is 0 Å². The van der Waals surface area contributed by atoms with Gasteiger partial charge in [-0.2, -0.15) is 0 Å². The number of urea groups is 1. The molecule has 1 aliphatic heterocycles. The minimum Gasteiger partial charge on any atom is -0.454 e. The lowest BCUT2D eigenvalue weighted by Crippen LogP contribution is -2.46. The fourth-order valence-corrected chi connectivity index (χ4v) is 3.40. The highest BCUT2D eigenvalue weighted by molar-refractivity contribution is 6.08. The Morgan fingerprint density at radius 3 is 2.34 bits per heavy atom. The van der Waals surface area contributed by atoms with E-state index in [0.717, 1.165) is 23.3 Å². The van der Waals surface area contributed by atoms with Gasteiger partial charge in [0.05, 0.1) is 6.04 Å². The van der Waals surface area contributed by atoms with E-state index in [9.17, 15) is 19.2 Å². The summed E-state index contributed by atoms with van der Waals surface area (Å²) in [6, 6.07) is 8.76. The van der Waals surface area contributed by atoms with E-state index < -0.39 is 42.5 Å². The van der Waals surface area contributed by atoms with Gasteiger partial charge < -0.3 is 15.4 Å². The van der Waals surface area contributed by atoms with E-state index in [1.54, 1.807) is 13.8 Å². The van der Waals surface area contributed by atoms with Crippen LogP contribution >= 0.6 is 0 Å². The van der Waals surface area contributed by atoms with Gasteiger partial charge in [0.15, 0.2) is 6.61 Å². The molecule has 158 valence electrons. The largest absolute Gasteiger partial charge is 0.454 e. The Morgan fingerprint density at radius 1 is 1.14 bits per heavy atom. The minimum atomic E-state index is -0.974. The first kappa shape index (κ1) is 22.4. The number of nitrogens with zero attached hydrogens (tertiary/aromatic N) is 1. The highest BCUT2D eigenvalue weighted by atomic mass is 16.5. The van der Waals surface area contributed by atoms with Crippen molar-refractivity contribution in [1.82, 2.24) is 15.5 Å². The number of carbonyl (C=O) groups is 4. The predicted molar refractivity (Wildman–Crippen MR) is 107 cm³/mol. The monoisotopic (exact) mass is 403 g/mol. The summed E-state index contributed by atoms with van der Waals surface area (Å²) in [6.07, 6.45) is 2.49. The van der Waals surface area contributed by atoms with Crippen molar-refractivity contribution in [2.75, 3.05) is 13.2 Å². The average Bonchev–Trinajstić information content (AvgIpc) is 2.97. The zero-order valence-corrected chi connectivity index (χ0v) is 17.2. The van der Waals surface area contributed by atoms with Gasteiger partial charge in [-0.3, -0.25) is 19.3 Å². The highest BCUT2D eigenvalue weighted by Gasteiger charge is 2.49. The van der Waals surface area contributed by atoms with Gasteiger partial charge in [0.25, 0.3) is 11.8 Å². The van der Waals surface area contributed by atoms with Gasteiger partial charge in [-0.1, -0.05) is 57.5 Å². The van der Waals surface area contributed by atoms with Gasteiger partial charge in [0.1, 0.15) is 12.1 Å². The molecule has 8 heteroatoms. The van der Waals surface area contributed by atoms with Crippen molar-refractivity contribution < 1.29 is 23.9 Å². The summed E-state index contributed by atoms with van der Waals surface area (Å²) in [5, 5.41) is 5.50. The molecule has 1 fully saturated rings. The van der Waals surface area contributed by atoms with Crippen molar-refractivity contribution in [3.8, 4) is 0 Å². The molecule has 8 nitrogen and oxygen atoms in total. The lowest BCUT2D eigenvalue weighted by Gasteiger charge is -2.22. The second-order valence-electron chi connectivity index (χ2n) is 7.09. The van der Waals surface area contributed by atoms with E-state index in [-0.39, 0.29) is 6.04 Å². The maximum Gasteiger partial charge on any atom is 0.326 e. The van der Waals surface area contributed by atoms with Crippen molar-refractivity contribution in [3.63, 3.8) is 0 Å². The molecule has 0 aromatic heterocycles. The lowest BCUT2D eigenvalue weighted by molar-refractivity contribution is -0.151. The Hall–Kier alpha value is -2.90. The van der Waals surface area contributed by atoms with Crippen LogP contribution in [0.3, 0.4) is 0 Å². The number of hydrogen-bond donors (Lipinski definition) is 2. The van der Waals surface area contributed by atoms with Crippen LogP contribution in [-0.2, 0) is 19.1 Å². The summed E-state index contributed by atoms with van der Waals surface area (Å²) in [7, 11) is 0. The van der Waals surface area contributed by atoms with Gasteiger partial charge in [-0.05, 0) is 24.8 Å². The van der Waals surface area contributed by atoms with Crippen molar-refractivity contribution >= 4 is 23.8 Å². The summed E-state index contributed by atoms with van der Waals surface area (Å²) < 4.78 is 4.99. The molecule has 2 N–H and O–H groups in total. The zero-order valence-electron chi connectivity index (χ0n) is 17.2. The van der Waals surface area contributed by atoms with E-state index in [1.807, 2.05) is 37.3 Å². The summed E-state index contributed by atoms with van der Waals surface area (Å²) in [5.41, 5.74) is 0.00136. The first-order valence-corrected chi connectivity index (χ1v) is 10.0. The summed E-state index contributed by atoms with van der Waals surface area (Å²) in [4.78, 5) is 49.7. The van der Waals surface area contributed by atoms with Crippen LogP contribution in [0.25, 0.3) is 0 Å². The fraction of sp³-hybridized carbons (Fsp3) is 0.524. The number of benzene rings is 1. The van der Waals surface area contributed by atoms with Crippen molar-refractivity contribution in [2.24, 2.45) is 0 Å². The molecule has 2 rings (SSSR count). The smallest absolute Gasteiger partial charge is 0.326 e. The number of carbonyl (C=O) groups excluding carboxylic acids is 4. The van der Waals surface area contributed by atoms with E-state index in [0.29, 0.717) is 12.8 Å². The third-order valence-corrected chi connectivity index (χ3v) is 5.22. The van der Waals surface area contributed by atoms with Crippen LogP contribution in [0.1, 0.15) is 58.1 Å². The number of imide groups is 1. The quantitative estimate of drug-likeness (QED) is 0.461. The lowest BCUT2D eigenvalue weighted by atomic mass is 9.93. The van der Waals surface area contributed by atoms with Crippen LogP contribution < -0.4 is 10.6 Å². The van der Waals surface area contributed by atoms with E-state index in [4.69, 9.17) is 4.74 Å². The number of ether oxygens (including phenoxy) is 1. The molecule has 0 saturated carbocycles. The molecule has 1 heterocycles. The number of hydrogen-bond acceptors (Lipinski definition) is 5. The molecule has 0 unspecified atom stereocenters.